The van der Waals surface area contributed by atoms with Gasteiger partial charge in [0.15, 0.2) is 0 Å². The zero-order valence-electron chi connectivity index (χ0n) is 16.3. The molecule has 0 amide bonds. The Kier molecular flexibility index (Phi) is 3.87. The lowest BCUT2D eigenvalue weighted by atomic mass is 9.44. The maximum absolute atomic E-state index is 10.2. The van der Waals surface area contributed by atoms with Crippen LogP contribution >= 0.6 is 0 Å². The summed E-state index contributed by atoms with van der Waals surface area (Å²) in [5.41, 5.74) is 3.72. The first-order valence-corrected chi connectivity index (χ1v) is 10.8. The van der Waals surface area contributed by atoms with Gasteiger partial charge in [-0.05, 0) is 103 Å². The zero-order valence-corrected chi connectivity index (χ0v) is 16.3. The second-order valence-corrected chi connectivity index (χ2v) is 10.1. The van der Waals surface area contributed by atoms with Crippen LogP contribution in [-0.2, 0) is 0 Å². The van der Waals surface area contributed by atoms with Crippen molar-refractivity contribution >= 4 is 5.57 Å². The molecular weight excluding hydrogens is 318 g/mol. The van der Waals surface area contributed by atoms with Crippen molar-refractivity contribution in [2.24, 2.45) is 34.5 Å². The Morgan fingerprint density at radius 2 is 1.96 bits per heavy atom. The molecular formula is C24H33NO. The highest BCUT2D eigenvalue weighted by molar-refractivity contribution is 5.72. The summed E-state index contributed by atoms with van der Waals surface area (Å²) >= 11 is 0. The van der Waals surface area contributed by atoms with Crippen LogP contribution in [0.5, 0.6) is 0 Å². The van der Waals surface area contributed by atoms with Crippen LogP contribution in [0.2, 0.25) is 0 Å². The summed E-state index contributed by atoms with van der Waals surface area (Å²) in [4.78, 5) is 4.39. The number of hydrogen-bond donors (Lipinski definition) is 1. The highest BCUT2D eigenvalue weighted by Gasteiger charge is 2.58. The van der Waals surface area contributed by atoms with Crippen molar-refractivity contribution < 1.29 is 5.11 Å². The SMILES string of the molecule is C[C@]12CCC(O)CC1CCC1C2CC[C@]2(C)C(c3cccnc3)=CCC12. The van der Waals surface area contributed by atoms with E-state index >= 15 is 0 Å². The number of fused-ring (bicyclic) bond motifs is 5. The maximum Gasteiger partial charge on any atom is 0.0543 e. The van der Waals surface area contributed by atoms with E-state index < -0.39 is 0 Å². The second-order valence-electron chi connectivity index (χ2n) is 10.1. The van der Waals surface area contributed by atoms with Gasteiger partial charge in [-0.1, -0.05) is 26.0 Å². The molecule has 5 rings (SSSR count). The quantitative estimate of drug-likeness (QED) is 0.727. The number of aliphatic hydroxyl groups excluding tert-OH is 1. The molecule has 1 heterocycles. The van der Waals surface area contributed by atoms with Gasteiger partial charge in [-0.15, -0.1) is 0 Å². The number of hydrogen-bond acceptors (Lipinski definition) is 2. The average molecular weight is 352 g/mol. The summed E-state index contributed by atoms with van der Waals surface area (Å²) in [5, 5.41) is 10.2. The van der Waals surface area contributed by atoms with E-state index in [2.05, 4.69) is 43.2 Å². The Morgan fingerprint density at radius 1 is 1.08 bits per heavy atom. The average Bonchev–Trinajstić information content (AvgIpc) is 3.00. The van der Waals surface area contributed by atoms with Crippen molar-refractivity contribution in [3.05, 3.63) is 36.2 Å². The van der Waals surface area contributed by atoms with E-state index in [1.807, 2.05) is 6.20 Å². The predicted molar refractivity (Wildman–Crippen MR) is 105 cm³/mol. The summed E-state index contributed by atoms with van der Waals surface area (Å²) < 4.78 is 0. The van der Waals surface area contributed by atoms with Gasteiger partial charge in [0.25, 0.3) is 0 Å². The molecule has 0 aliphatic heterocycles. The number of aromatic nitrogens is 1. The van der Waals surface area contributed by atoms with Crippen molar-refractivity contribution in [3.8, 4) is 0 Å². The van der Waals surface area contributed by atoms with Gasteiger partial charge in [0, 0.05) is 12.4 Å². The van der Waals surface area contributed by atoms with E-state index in [9.17, 15) is 5.11 Å². The molecule has 3 saturated carbocycles. The normalized spacial score (nSPS) is 47.5. The molecule has 3 fully saturated rings. The fraction of sp³-hybridized carbons (Fsp3) is 0.708. The summed E-state index contributed by atoms with van der Waals surface area (Å²) in [7, 11) is 0. The number of rotatable bonds is 1. The van der Waals surface area contributed by atoms with Gasteiger partial charge in [0.05, 0.1) is 6.10 Å². The molecule has 7 atom stereocenters. The van der Waals surface area contributed by atoms with Crippen LogP contribution in [0.25, 0.3) is 5.57 Å². The minimum atomic E-state index is -0.0381. The minimum absolute atomic E-state index is 0.0381. The second kappa shape index (κ2) is 5.92. The topological polar surface area (TPSA) is 33.1 Å². The maximum atomic E-state index is 10.2. The molecule has 0 radical (unpaired) electrons. The molecule has 0 saturated heterocycles. The first kappa shape index (κ1) is 17.0. The first-order chi connectivity index (χ1) is 12.5. The fourth-order valence-electron chi connectivity index (χ4n) is 7.77. The summed E-state index contributed by atoms with van der Waals surface area (Å²) in [5.74, 6) is 3.30. The fourth-order valence-corrected chi connectivity index (χ4v) is 7.77. The molecule has 1 N–H and O–H groups in total. The van der Waals surface area contributed by atoms with Gasteiger partial charge in [0.1, 0.15) is 0 Å². The molecule has 0 aromatic carbocycles. The van der Waals surface area contributed by atoms with E-state index in [4.69, 9.17) is 0 Å². The van der Waals surface area contributed by atoms with Crippen LogP contribution in [0.4, 0.5) is 0 Å². The summed E-state index contributed by atoms with van der Waals surface area (Å²) in [6.07, 6.45) is 16.4. The molecule has 1 aromatic heterocycles. The molecule has 26 heavy (non-hydrogen) atoms. The lowest BCUT2D eigenvalue weighted by molar-refractivity contribution is -0.115. The number of aliphatic hydroxyl groups is 1. The van der Waals surface area contributed by atoms with Crippen LogP contribution in [-0.4, -0.2) is 16.2 Å². The van der Waals surface area contributed by atoms with Gasteiger partial charge in [0.2, 0.25) is 0 Å². The Balaban J connectivity index is 1.44. The molecule has 0 bridgehead atoms. The molecule has 1 aromatic rings. The third kappa shape index (κ3) is 2.30. The zero-order chi connectivity index (χ0) is 17.9. The lowest BCUT2D eigenvalue weighted by Gasteiger charge is -2.60. The standard InChI is InChI=1S/C24H33NO/c1-23-11-9-18(26)14-17(23)5-6-19-21-8-7-20(16-4-3-13-25-15-16)24(21,2)12-10-22(19)23/h3-4,7,13,15,17-19,21-22,26H,5-6,8-12,14H2,1-2H3/t17?,18?,19?,21?,22?,23-,24+/m0/s1. The third-order valence-corrected chi connectivity index (χ3v) is 9.19. The smallest absolute Gasteiger partial charge is 0.0543 e. The van der Waals surface area contributed by atoms with Crippen molar-refractivity contribution in [1.29, 1.82) is 0 Å². The van der Waals surface area contributed by atoms with Gasteiger partial charge in [-0.25, -0.2) is 0 Å². The molecule has 5 unspecified atom stereocenters. The molecule has 140 valence electrons. The highest BCUT2D eigenvalue weighted by Crippen LogP contribution is 2.67. The van der Waals surface area contributed by atoms with Gasteiger partial charge < -0.3 is 5.11 Å². The summed E-state index contributed by atoms with van der Waals surface area (Å²) in [6, 6.07) is 4.33. The molecule has 0 spiro atoms. The Hall–Kier alpha value is -1.15. The number of pyridine rings is 1. The van der Waals surface area contributed by atoms with Gasteiger partial charge >= 0.3 is 0 Å². The molecule has 2 heteroatoms. The Labute approximate surface area is 158 Å². The minimum Gasteiger partial charge on any atom is -0.393 e. The number of nitrogens with zero attached hydrogens (tertiary/aromatic N) is 1. The van der Waals surface area contributed by atoms with Crippen molar-refractivity contribution in [2.45, 2.75) is 71.3 Å². The molecule has 4 aliphatic rings. The van der Waals surface area contributed by atoms with Crippen molar-refractivity contribution in [2.75, 3.05) is 0 Å². The van der Waals surface area contributed by atoms with Crippen LogP contribution < -0.4 is 0 Å². The largest absolute Gasteiger partial charge is 0.393 e. The van der Waals surface area contributed by atoms with Gasteiger partial charge in [-0.2, -0.15) is 0 Å². The summed E-state index contributed by atoms with van der Waals surface area (Å²) in [6.45, 7) is 5.12. The van der Waals surface area contributed by atoms with Crippen LogP contribution in [0.1, 0.15) is 70.8 Å². The van der Waals surface area contributed by atoms with E-state index in [-0.39, 0.29) is 6.10 Å². The van der Waals surface area contributed by atoms with E-state index in [0.717, 1.165) is 36.5 Å². The number of allylic oxidation sites excluding steroid dienone is 2. The van der Waals surface area contributed by atoms with Crippen molar-refractivity contribution in [3.63, 3.8) is 0 Å². The van der Waals surface area contributed by atoms with E-state index in [1.165, 1.54) is 44.1 Å². The lowest BCUT2D eigenvalue weighted by Crippen LogP contribution is -2.53. The van der Waals surface area contributed by atoms with E-state index in [0.29, 0.717) is 10.8 Å². The third-order valence-electron chi connectivity index (χ3n) is 9.19. The molecule has 2 nitrogen and oxygen atoms in total. The predicted octanol–water partition coefficient (Wildman–Crippen LogP) is 5.48. The Morgan fingerprint density at radius 3 is 2.77 bits per heavy atom. The van der Waals surface area contributed by atoms with E-state index in [1.54, 1.807) is 5.57 Å². The molecule has 4 aliphatic carbocycles. The highest BCUT2D eigenvalue weighted by atomic mass is 16.3. The van der Waals surface area contributed by atoms with Crippen LogP contribution in [0, 0.1) is 34.5 Å². The monoisotopic (exact) mass is 351 g/mol. The first-order valence-electron chi connectivity index (χ1n) is 10.8. The van der Waals surface area contributed by atoms with Crippen molar-refractivity contribution in [1.82, 2.24) is 4.98 Å². The van der Waals surface area contributed by atoms with Crippen LogP contribution in [0.3, 0.4) is 0 Å². The van der Waals surface area contributed by atoms with Crippen LogP contribution in [0.15, 0.2) is 30.6 Å². The van der Waals surface area contributed by atoms with Gasteiger partial charge in [-0.3, -0.25) is 4.98 Å². The Bertz CT molecular complexity index is 712.